The second-order valence-corrected chi connectivity index (χ2v) is 16.5. The first-order chi connectivity index (χ1) is 30.8. The highest BCUT2D eigenvalue weighted by atomic mass is 15.0. The fraction of sp³-hybridized carbons (Fsp3) is 0. The van der Waals surface area contributed by atoms with Crippen LogP contribution in [-0.2, 0) is 0 Å². The Bertz CT molecular complexity index is 3910. The predicted octanol–water partition coefficient (Wildman–Crippen LogP) is 16.3. The van der Waals surface area contributed by atoms with E-state index in [4.69, 9.17) is 0 Å². The number of para-hydroxylation sites is 3. The molecule has 0 fully saturated rings. The number of hydrogen-bond donors (Lipinski definition) is 0. The zero-order valence-corrected chi connectivity index (χ0v) is 33.8. The van der Waals surface area contributed by atoms with E-state index >= 15 is 0 Å². The zero-order chi connectivity index (χ0) is 40.7. The third-order valence-corrected chi connectivity index (χ3v) is 13.1. The maximum atomic E-state index is 2.53. The molecule has 0 atom stereocenters. The van der Waals surface area contributed by atoms with E-state index in [2.05, 4.69) is 240 Å². The van der Waals surface area contributed by atoms with Gasteiger partial charge in [-0.2, -0.15) is 0 Å². The molecule has 0 bridgehead atoms. The Morgan fingerprint density at radius 1 is 0.210 bits per heavy atom. The van der Waals surface area contributed by atoms with Gasteiger partial charge in [-0.25, -0.2) is 0 Å². The molecule has 0 amide bonds. The summed E-state index contributed by atoms with van der Waals surface area (Å²) in [6.45, 7) is 0. The monoisotopic (exact) mass is 786 g/mol. The molecule has 2 aromatic heterocycles. The topological polar surface area (TPSA) is 9.86 Å². The van der Waals surface area contributed by atoms with E-state index in [0.717, 1.165) is 0 Å². The summed E-state index contributed by atoms with van der Waals surface area (Å²) in [5.74, 6) is 0. The van der Waals surface area contributed by atoms with Gasteiger partial charge >= 0.3 is 0 Å². The van der Waals surface area contributed by atoms with Gasteiger partial charge in [0.1, 0.15) is 0 Å². The van der Waals surface area contributed by atoms with E-state index in [1.807, 2.05) is 0 Å². The van der Waals surface area contributed by atoms with E-state index < -0.39 is 0 Å². The van der Waals surface area contributed by atoms with Crippen LogP contribution < -0.4 is 0 Å². The Hall–Kier alpha value is -8.20. The van der Waals surface area contributed by atoms with Gasteiger partial charge in [0.05, 0.1) is 27.8 Å². The molecule has 13 rings (SSSR count). The molecule has 0 saturated carbocycles. The summed E-state index contributed by atoms with van der Waals surface area (Å²) in [7, 11) is 0. The smallest absolute Gasteiger partial charge is 0.0553 e. The first-order valence-corrected chi connectivity index (χ1v) is 21.4. The van der Waals surface area contributed by atoms with Crippen molar-refractivity contribution in [1.82, 2.24) is 9.13 Å². The van der Waals surface area contributed by atoms with E-state index in [9.17, 15) is 0 Å². The standard InChI is InChI=1S/C60H38N2/c1-3-16-39(17-4-1)40-18-15-19-41(34-40)44-37-54-48-24-8-7-22-46(48)47-23-9-10-27-51(47)60(54)59(38-44)62-56-29-14-12-26-50(56)53-36-43(31-33-58(53)62)42-30-32-57-52(35-42)49-25-11-13-28-55(49)61(57)45-20-5-2-6-21-45/h1-38H. The third-order valence-electron chi connectivity index (χ3n) is 13.1. The van der Waals surface area contributed by atoms with Gasteiger partial charge in [-0.15, -0.1) is 0 Å². The van der Waals surface area contributed by atoms with Gasteiger partial charge in [-0.05, 0) is 127 Å². The molecule has 0 unspecified atom stereocenters. The molecule has 0 aliphatic rings. The highest BCUT2D eigenvalue weighted by molar-refractivity contribution is 6.28. The van der Waals surface area contributed by atoms with Crippen LogP contribution in [0.15, 0.2) is 231 Å². The van der Waals surface area contributed by atoms with Crippen molar-refractivity contribution < 1.29 is 0 Å². The van der Waals surface area contributed by atoms with Crippen molar-refractivity contribution in [3.05, 3.63) is 231 Å². The quantitative estimate of drug-likeness (QED) is 0.154. The predicted molar refractivity (Wildman–Crippen MR) is 264 cm³/mol. The second-order valence-electron chi connectivity index (χ2n) is 16.5. The van der Waals surface area contributed by atoms with Gasteiger partial charge in [0, 0.05) is 32.6 Å². The van der Waals surface area contributed by atoms with Crippen molar-refractivity contribution >= 4 is 75.9 Å². The number of aromatic nitrogens is 2. The number of nitrogens with zero attached hydrogens (tertiary/aromatic N) is 2. The molecule has 2 nitrogen and oxygen atoms in total. The molecule has 62 heavy (non-hydrogen) atoms. The van der Waals surface area contributed by atoms with Crippen molar-refractivity contribution in [2.24, 2.45) is 0 Å². The van der Waals surface area contributed by atoms with Crippen molar-refractivity contribution in [1.29, 1.82) is 0 Å². The molecule has 11 aromatic carbocycles. The van der Waals surface area contributed by atoms with Crippen LogP contribution in [-0.4, -0.2) is 9.13 Å². The minimum absolute atomic E-state index is 1.17. The average Bonchev–Trinajstić information content (AvgIpc) is 3.86. The molecule has 0 saturated heterocycles. The Morgan fingerprint density at radius 3 is 1.27 bits per heavy atom. The lowest BCUT2D eigenvalue weighted by molar-refractivity contribution is 1.18. The molecule has 0 spiro atoms. The Kier molecular flexibility index (Phi) is 7.64. The number of hydrogen-bond acceptors (Lipinski definition) is 0. The summed E-state index contributed by atoms with van der Waals surface area (Å²) in [6, 6.07) is 84.9. The molecular formula is C60H38N2. The molecule has 0 N–H and O–H groups in total. The zero-order valence-electron chi connectivity index (χ0n) is 33.8. The van der Waals surface area contributed by atoms with Crippen LogP contribution in [0.25, 0.3) is 121 Å². The van der Waals surface area contributed by atoms with Crippen molar-refractivity contribution in [2.75, 3.05) is 0 Å². The fourth-order valence-corrected chi connectivity index (χ4v) is 10.3. The lowest BCUT2D eigenvalue weighted by atomic mass is 9.90. The van der Waals surface area contributed by atoms with Crippen LogP contribution in [0.5, 0.6) is 0 Å². The first-order valence-electron chi connectivity index (χ1n) is 21.4. The van der Waals surface area contributed by atoms with E-state index in [0.29, 0.717) is 0 Å². The Balaban J connectivity index is 1.07. The molecule has 2 heteroatoms. The van der Waals surface area contributed by atoms with Gasteiger partial charge < -0.3 is 9.13 Å². The maximum Gasteiger partial charge on any atom is 0.0553 e. The van der Waals surface area contributed by atoms with Gasteiger partial charge in [0.25, 0.3) is 0 Å². The lowest BCUT2D eigenvalue weighted by Crippen LogP contribution is -1.98. The number of rotatable bonds is 5. The maximum absolute atomic E-state index is 2.53. The molecule has 2 heterocycles. The van der Waals surface area contributed by atoms with Crippen LogP contribution in [0.2, 0.25) is 0 Å². The summed E-state index contributed by atoms with van der Waals surface area (Å²) in [5, 5.41) is 12.5. The number of fused-ring (bicyclic) bond motifs is 12. The molecule has 288 valence electrons. The summed E-state index contributed by atoms with van der Waals surface area (Å²) in [4.78, 5) is 0. The highest BCUT2D eigenvalue weighted by Crippen LogP contribution is 2.45. The van der Waals surface area contributed by atoms with Crippen LogP contribution in [0.3, 0.4) is 0 Å². The summed E-state index contributed by atoms with van der Waals surface area (Å²) < 4.78 is 4.91. The summed E-state index contributed by atoms with van der Waals surface area (Å²) >= 11 is 0. The van der Waals surface area contributed by atoms with E-state index in [1.165, 1.54) is 121 Å². The average molecular weight is 787 g/mol. The first kappa shape index (κ1) is 34.6. The SMILES string of the molecule is c1ccc(-c2cccc(-c3cc(-n4c5ccccc5c5cc(-c6ccc7c(c6)c6ccccc6n7-c6ccccc6)ccc54)c4c5ccccc5c5ccccc5c4c3)c2)cc1. The summed E-state index contributed by atoms with van der Waals surface area (Å²) in [5.41, 5.74) is 14.4. The lowest BCUT2D eigenvalue weighted by Gasteiger charge is -2.19. The van der Waals surface area contributed by atoms with Crippen molar-refractivity contribution in [3.63, 3.8) is 0 Å². The second kappa shape index (κ2) is 13.7. The van der Waals surface area contributed by atoms with Crippen LogP contribution in [0.1, 0.15) is 0 Å². The van der Waals surface area contributed by atoms with Crippen LogP contribution >= 0.6 is 0 Å². The molecule has 13 aromatic rings. The Labute approximate surface area is 358 Å². The van der Waals surface area contributed by atoms with Crippen molar-refractivity contribution in [3.8, 4) is 44.8 Å². The molecule has 0 radical (unpaired) electrons. The molecule has 0 aliphatic carbocycles. The minimum atomic E-state index is 1.17. The third kappa shape index (κ3) is 5.23. The van der Waals surface area contributed by atoms with Gasteiger partial charge in [0.2, 0.25) is 0 Å². The normalized spacial score (nSPS) is 11.9. The van der Waals surface area contributed by atoms with Gasteiger partial charge in [-0.3, -0.25) is 0 Å². The fourth-order valence-electron chi connectivity index (χ4n) is 10.3. The molecular weight excluding hydrogens is 749 g/mol. The van der Waals surface area contributed by atoms with Crippen molar-refractivity contribution in [2.45, 2.75) is 0 Å². The van der Waals surface area contributed by atoms with E-state index in [1.54, 1.807) is 0 Å². The van der Waals surface area contributed by atoms with Gasteiger partial charge in [-0.1, -0.05) is 164 Å². The van der Waals surface area contributed by atoms with Crippen LogP contribution in [0, 0.1) is 0 Å². The summed E-state index contributed by atoms with van der Waals surface area (Å²) in [6.07, 6.45) is 0. The number of benzene rings is 11. The largest absolute Gasteiger partial charge is 0.309 e. The van der Waals surface area contributed by atoms with Gasteiger partial charge in [0.15, 0.2) is 0 Å². The Morgan fingerprint density at radius 2 is 0.629 bits per heavy atom. The molecule has 0 aliphatic heterocycles. The van der Waals surface area contributed by atoms with E-state index in [-0.39, 0.29) is 0 Å². The highest BCUT2D eigenvalue weighted by Gasteiger charge is 2.21. The van der Waals surface area contributed by atoms with Crippen LogP contribution in [0.4, 0.5) is 0 Å². The minimum Gasteiger partial charge on any atom is -0.309 e.